The molecule has 5 nitrogen and oxygen atoms in total. The molecule has 1 atom stereocenters. The van der Waals surface area contributed by atoms with Gasteiger partial charge in [-0.15, -0.1) is 0 Å². The van der Waals surface area contributed by atoms with Gasteiger partial charge < -0.3 is 4.42 Å². The van der Waals surface area contributed by atoms with Gasteiger partial charge in [-0.05, 0) is 24.3 Å². The van der Waals surface area contributed by atoms with E-state index in [-0.39, 0.29) is 16.0 Å². The Labute approximate surface area is 128 Å². The predicted octanol–water partition coefficient (Wildman–Crippen LogP) is 3.41. The van der Waals surface area contributed by atoms with Gasteiger partial charge in [0.1, 0.15) is 12.1 Å². The summed E-state index contributed by atoms with van der Waals surface area (Å²) in [5.74, 6) is -0.775. The highest BCUT2D eigenvalue weighted by atomic mass is 32.2. The first-order valence-electron chi connectivity index (χ1n) is 6.58. The molecule has 1 amide bonds. The van der Waals surface area contributed by atoms with Gasteiger partial charge in [-0.25, -0.2) is 13.6 Å². The number of carbonyl (C=O) groups excluding carboxylic acids is 1. The number of amides is 1. The van der Waals surface area contributed by atoms with Crippen molar-refractivity contribution in [3.8, 4) is 0 Å². The summed E-state index contributed by atoms with van der Waals surface area (Å²) in [5, 5.41) is 0. The van der Waals surface area contributed by atoms with Gasteiger partial charge in [0.05, 0.1) is 9.73 Å². The molecule has 118 valence electrons. The first-order valence-corrected chi connectivity index (χ1v) is 8.50. The number of benzene rings is 1. The lowest BCUT2D eigenvalue weighted by Gasteiger charge is -2.11. The second kappa shape index (κ2) is 5.64. The molecule has 0 aliphatic carbocycles. The van der Waals surface area contributed by atoms with Crippen molar-refractivity contribution in [2.45, 2.75) is 31.1 Å². The third-order valence-corrected chi connectivity index (χ3v) is 4.53. The van der Waals surface area contributed by atoms with Crippen LogP contribution in [0.1, 0.15) is 37.2 Å². The van der Waals surface area contributed by atoms with Crippen molar-refractivity contribution in [3.63, 3.8) is 0 Å². The topological polar surface area (TPSA) is 72.5 Å². The Kier molecular flexibility index (Phi) is 4.19. The van der Waals surface area contributed by atoms with Crippen molar-refractivity contribution >= 4 is 15.6 Å². The highest BCUT2D eigenvalue weighted by Crippen LogP contribution is 2.22. The Hall–Kier alpha value is -2.02. The largest absolute Gasteiger partial charge is 0.448 e. The van der Waals surface area contributed by atoms with Gasteiger partial charge in [-0.1, -0.05) is 20.8 Å². The summed E-state index contributed by atoms with van der Waals surface area (Å²) in [5.41, 5.74) is -0.343. The molecule has 0 N–H and O–H groups in total. The molecule has 1 aromatic heterocycles. The van der Waals surface area contributed by atoms with Crippen LogP contribution in [0.15, 0.2) is 44.2 Å². The van der Waals surface area contributed by atoms with Gasteiger partial charge in [-0.3, -0.25) is 4.79 Å². The molecule has 0 saturated heterocycles. The molecular weight excluding hydrogens is 307 g/mol. The number of rotatable bonds is 2. The Morgan fingerprint density at radius 3 is 2.36 bits per heavy atom. The van der Waals surface area contributed by atoms with Crippen molar-refractivity contribution in [3.05, 3.63) is 47.9 Å². The van der Waals surface area contributed by atoms with E-state index in [4.69, 9.17) is 4.42 Å². The molecule has 1 heterocycles. The zero-order valence-electron chi connectivity index (χ0n) is 12.8. The van der Waals surface area contributed by atoms with E-state index in [1.54, 1.807) is 0 Å². The fourth-order valence-electron chi connectivity index (χ4n) is 1.66. The van der Waals surface area contributed by atoms with E-state index in [9.17, 15) is 13.4 Å². The molecule has 0 aliphatic heterocycles. The van der Waals surface area contributed by atoms with Gasteiger partial charge in [0.2, 0.25) is 0 Å². The number of nitrogens with zero attached hydrogens (tertiary/aromatic N) is 2. The van der Waals surface area contributed by atoms with E-state index in [2.05, 4.69) is 9.35 Å². The van der Waals surface area contributed by atoms with Crippen LogP contribution in [0.5, 0.6) is 0 Å². The lowest BCUT2D eigenvalue weighted by molar-refractivity contribution is 0.1000. The number of aromatic nitrogens is 1. The van der Waals surface area contributed by atoms with Crippen LogP contribution in [0.4, 0.5) is 4.39 Å². The van der Waals surface area contributed by atoms with Crippen LogP contribution in [-0.4, -0.2) is 21.4 Å². The normalized spacial score (nSPS) is 14.4. The van der Waals surface area contributed by atoms with E-state index >= 15 is 0 Å². The quantitative estimate of drug-likeness (QED) is 0.848. The number of hydrogen-bond acceptors (Lipinski definition) is 4. The number of carbonyl (C=O) groups is 1. The first-order chi connectivity index (χ1) is 10.1. The molecule has 0 radical (unpaired) electrons. The van der Waals surface area contributed by atoms with E-state index in [1.807, 2.05) is 20.8 Å². The average Bonchev–Trinajstić information content (AvgIpc) is 2.88. The number of halogens is 1. The first kappa shape index (κ1) is 16.4. The lowest BCUT2D eigenvalue weighted by atomic mass is 9.97. The summed E-state index contributed by atoms with van der Waals surface area (Å²) < 4.78 is 34.4. The molecule has 2 aromatic rings. The summed E-state index contributed by atoms with van der Waals surface area (Å²) in [4.78, 5) is 16.5. The molecular formula is C15H17FN2O3S. The Morgan fingerprint density at radius 1 is 1.27 bits per heavy atom. The van der Waals surface area contributed by atoms with Gasteiger partial charge in [0.25, 0.3) is 0 Å². The van der Waals surface area contributed by atoms with Crippen LogP contribution in [0.2, 0.25) is 0 Å². The fourth-order valence-corrected chi connectivity index (χ4v) is 2.82. The van der Waals surface area contributed by atoms with Gasteiger partial charge in [0, 0.05) is 16.6 Å². The summed E-state index contributed by atoms with van der Waals surface area (Å²) in [6.45, 7) is 5.68. The summed E-state index contributed by atoms with van der Waals surface area (Å²) >= 11 is 0. The zero-order chi connectivity index (χ0) is 16.5. The molecule has 7 heteroatoms. The standard InChI is InChI=1S/C15H17FN2O3S/c1-15(2,3)14-17-12(9-21-14)13(19)18-22(4,20)11-7-5-10(16)6-8-11/h5-9H,1-4H3. The van der Waals surface area contributed by atoms with Crippen LogP contribution in [-0.2, 0) is 15.1 Å². The average molecular weight is 324 g/mol. The molecule has 0 bridgehead atoms. The summed E-state index contributed by atoms with van der Waals surface area (Å²) in [6, 6.07) is 5.04. The van der Waals surface area contributed by atoms with Crippen molar-refractivity contribution in [2.75, 3.05) is 6.26 Å². The Bertz CT molecular complexity index is 810. The van der Waals surface area contributed by atoms with Gasteiger partial charge >= 0.3 is 5.91 Å². The smallest absolute Gasteiger partial charge is 0.307 e. The van der Waals surface area contributed by atoms with Crippen molar-refractivity contribution in [1.29, 1.82) is 0 Å². The van der Waals surface area contributed by atoms with Gasteiger partial charge in [-0.2, -0.15) is 4.36 Å². The molecule has 0 aliphatic rings. The van der Waals surface area contributed by atoms with Gasteiger partial charge in [0.15, 0.2) is 11.6 Å². The highest BCUT2D eigenvalue weighted by Gasteiger charge is 2.23. The lowest BCUT2D eigenvalue weighted by Crippen LogP contribution is -2.12. The molecule has 1 unspecified atom stereocenters. The maximum Gasteiger partial charge on any atom is 0.307 e. The maximum atomic E-state index is 12.9. The molecule has 1 aromatic carbocycles. The highest BCUT2D eigenvalue weighted by molar-refractivity contribution is 7.93. The number of hydrogen-bond donors (Lipinski definition) is 0. The van der Waals surface area contributed by atoms with Crippen molar-refractivity contribution in [1.82, 2.24) is 4.98 Å². The van der Waals surface area contributed by atoms with E-state index in [0.29, 0.717) is 5.89 Å². The number of oxazole rings is 1. The minimum absolute atomic E-state index is 0.00149. The Balaban J connectivity index is 2.35. The molecule has 2 rings (SSSR count). The summed E-state index contributed by atoms with van der Waals surface area (Å²) in [6.07, 6.45) is 2.52. The molecule has 0 saturated carbocycles. The summed E-state index contributed by atoms with van der Waals surface area (Å²) in [7, 11) is -2.97. The zero-order valence-corrected chi connectivity index (χ0v) is 13.6. The SMILES string of the molecule is CC(C)(C)c1nc(C(=O)N=S(C)(=O)c2ccc(F)cc2)co1. The van der Waals surface area contributed by atoms with Crippen LogP contribution in [0.25, 0.3) is 0 Å². The predicted molar refractivity (Wildman–Crippen MR) is 80.7 cm³/mol. The minimum Gasteiger partial charge on any atom is -0.448 e. The second-order valence-electron chi connectivity index (χ2n) is 5.94. The monoisotopic (exact) mass is 324 g/mol. The van der Waals surface area contributed by atoms with Crippen LogP contribution >= 0.6 is 0 Å². The van der Waals surface area contributed by atoms with E-state index < -0.39 is 21.5 Å². The maximum absolute atomic E-state index is 12.9. The van der Waals surface area contributed by atoms with E-state index in [1.165, 1.54) is 36.8 Å². The third-order valence-electron chi connectivity index (χ3n) is 2.87. The molecule has 22 heavy (non-hydrogen) atoms. The Morgan fingerprint density at radius 2 is 1.86 bits per heavy atom. The van der Waals surface area contributed by atoms with E-state index in [0.717, 1.165) is 0 Å². The minimum atomic E-state index is -2.97. The second-order valence-corrected chi connectivity index (χ2v) is 8.20. The third kappa shape index (κ3) is 3.59. The van der Waals surface area contributed by atoms with Crippen LogP contribution in [0.3, 0.4) is 0 Å². The van der Waals surface area contributed by atoms with Crippen LogP contribution in [0, 0.1) is 5.82 Å². The van der Waals surface area contributed by atoms with Crippen molar-refractivity contribution < 1.29 is 17.8 Å². The fraction of sp³-hybridized carbons (Fsp3) is 0.333. The molecule has 0 fully saturated rings. The van der Waals surface area contributed by atoms with Crippen molar-refractivity contribution in [2.24, 2.45) is 4.36 Å². The van der Waals surface area contributed by atoms with Crippen LogP contribution < -0.4 is 0 Å². The molecule has 0 spiro atoms.